The lowest BCUT2D eigenvalue weighted by Gasteiger charge is -2.15. The minimum absolute atomic E-state index is 0.116. The van der Waals surface area contributed by atoms with Gasteiger partial charge >= 0.3 is 0 Å². The second kappa shape index (κ2) is 7.56. The Kier molecular flexibility index (Phi) is 6.08. The molecule has 0 saturated heterocycles. The van der Waals surface area contributed by atoms with Gasteiger partial charge in [-0.05, 0) is 19.2 Å². The van der Waals surface area contributed by atoms with Gasteiger partial charge in [-0.25, -0.2) is 0 Å². The molecule has 0 aliphatic heterocycles. The van der Waals surface area contributed by atoms with Crippen LogP contribution in [0.5, 0.6) is 0 Å². The highest BCUT2D eigenvalue weighted by molar-refractivity contribution is 7.80. The van der Waals surface area contributed by atoms with Crippen LogP contribution in [0.25, 0.3) is 0 Å². The number of hydrogen-bond donors (Lipinski definition) is 3. The molecule has 0 bridgehead atoms. The number of carbonyl (C=O) groups is 2. The van der Waals surface area contributed by atoms with Crippen LogP contribution in [0, 0.1) is 0 Å². The van der Waals surface area contributed by atoms with Crippen molar-refractivity contribution in [2.45, 2.75) is 0 Å². The molecule has 0 fully saturated rings. The van der Waals surface area contributed by atoms with Crippen molar-refractivity contribution in [3.8, 4) is 0 Å². The summed E-state index contributed by atoms with van der Waals surface area (Å²) < 4.78 is 0. The van der Waals surface area contributed by atoms with Gasteiger partial charge in [-0.2, -0.15) is 0 Å². The van der Waals surface area contributed by atoms with Crippen LogP contribution in [0.15, 0.2) is 24.3 Å². The Morgan fingerprint density at radius 2 is 1.95 bits per heavy atom. The number of carbonyl (C=O) groups excluding carboxylic acids is 2. The number of nitrogens with one attached hydrogen (secondary N) is 2. The summed E-state index contributed by atoms with van der Waals surface area (Å²) in [5.74, 6) is -0.354. The van der Waals surface area contributed by atoms with Crippen LogP contribution in [-0.4, -0.2) is 48.9 Å². The molecule has 1 aromatic rings. The van der Waals surface area contributed by atoms with Crippen LogP contribution in [0.2, 0.25) is 0 Å². The fourth-order valence-corrected chi connectivity index (χ4v) is 1.70. The lowest BCUT2D eigenvalue weighted by molar-refractivity contribution is -0.122. The Morgan fingerprint density at radius 1 is 1.30 bits per heavy atom. The van der Waals surface area contributed by atoms with E-state index in [2.05, 4.69) is 10.6 Å². The summed E-state index contributed by atoms with van der Waals surface area (Å²) in [5, 5.41) is 5.23. The number of rotatable bonds is 6. The Hall–Kier alpha value is -1.99. The first-order chi connectivity index (χ1) is 9.42. The van der Waals surface area contributed by atoms with Gasteiger partial charge in [0, 0.05) is 18.3 Å². The normalized spacial score (nSPS) is 10.2. The van der Waals surface area contributed by atoms with Crippen molar-refractivity contribution in [2.24, 2.45) is 5.73 Å². The van der Waals surface area contributed by atoms with Crippen molar-refractivity contribution in [2.75, 3.05) is 32.5 Å². The van der Waals surface area contributed by atoms with Crippen LogP contribution in [-0.2, 0) is 9.59 Å². The standard InChI is InChI=1S/C13H18N4O2S/c1-15-11(18)7-17(2)8-12(19)16-10-5-3-4-9(6-10)13(14)20/h3-6H,7-8H2,1-2H3,(H2,14,20)(H,15,18)(H,16,19). The SMILES string of the molecule is CNC(=O)CN(C)CC(=O)Nc1cccc(C(N)=S)c1. The molecule has 0 aliphatic carbocycles. The van der Waals surface area contributed by atoms with Gasteiger partial charge in [-0.1, -0.05) is 24.4 Å². The van der Waals surface area contributed by atoms with Crippen LogP contribution in [0.1, 0.15) is 5.56 Å². The monoisotopic (exact) mass is 294 g/mol. The largest absolute Gasteiger partial charge is 0.389 e. The van der Waals surface area contributed by atoms with Gasteiger partial charge in [0.1, 0.15) is 4.99 Å². The van der Waals surface area contributed by atoms with Gasteiger partial charge in [-0.3, -0.25) is 14.5 Å². The summed E-state index contributed by atoms with van der Waals surface area (Å²) in [6, 6.07) is 6.99. The van der Waals surface area contributed by atoms with Crippen molar-refractivity contribution in [3.63, 3.8) is 0 Å². The highest BCUT2D eigenvalue weighted by Gasteiger charge is 2.10. The summed E-state index contributed by atoms with van der Waals surface area (Å²) in [7, 11) is 3.25. The van der Waals surface area contributed by atoms with Crippen molar-refractivity contribution >= 4 is 34.7 Å². The smallest absolute Gasteiger partial charge is 0.238 e. The number of likely N-dealkylation sites (N-methyl/N-ethyl adjacent to an activating group) is 2. The number of thiocarbonyl (C=S) groups is 1. The Morgan fingerprint density at radius 3 is 2.55 bits per heavy atom. The zero-order valence-corrected chi connectivity index (χ0v) is 12.3. The third-order valence-corrected chi connectivity index (χ3v) is 2.77. The first-order valence-corrected chi connectivity index (χ1v) is 6.42. The number of amides is 2. The van der Waals surface area contributed by atoms with E-state index in [1.165, 1.54) is 0 Å². The van der Waals surface area contributed by atoms with Gasteiger partial charge < -0.3 is 16.4 Å². The molecule has 0 unspecified atom stereocenters. The molecular formula is C13H18N4O2S. The predicted molar refractivity (Wildman–Crippen MR) is 82.5 cm³/mol. The summed E-state index contributed by atoms with van der Waals surface area (Å²) in [6.07, 6.45) is 0. The van der Waals surface area contributed by atoms with Gasteiger partial charge in [0.25, 0.3) is 0 Å². The Balaban J connectivity index is 2.56. The zero-order valence-electron chi connectivity index (χ0n) is 11.5. The van der Waals surface area contributed by atoms with E-state index in [9.17, 15) is 9.59 Å². The van der Waals surface area contributed by atoms with Crippen molar-refractivity contribution in [3.05, 3.63) is 29.8 Å². The fraction of sp³-hybridized carbons (Fsp3) is 0.308. The van der Waals surface area contributed by atoms with Gasteiger partial charge in [0.05, 0.1) is 13.1 Å². The predicted octanol–water partition coefficient (Wildman–Crippen LogP) is -0.0629. The maximum atomic E-state index is 11.8. The number of anilines is 1. The molecule has 7 heteroatoms. The van der Waals surface area contributed by atoms with E-state index in [1.54, 1.807) is 43.3 Å². The molecule has 0 saturated carbocycles. The molecule has 1 rings (SSSR count). The summed E-state index contributed by atoms with van der Waals surface area (Å²) >= 11 is 4.88. The molecule has 4 N–H and O–H groups in total. The Labute approximate surface area is 123 Å². The summed E-state index contributed by atoms with van der Waals surface area (Å²) in [6.45, 7) is 0.279. The molecular weight excluding hydrogens is 276 g/mol. The van der Waals surface area contributed by atoms with E-state index in [-0.39, 0.29) is 29.9 Å². The minimum Gasteiger partial charge on any atom is -0.389 e. The molecule has 6 nitrogen and oxygen atoms in total. The molecule has 0 aromatic heterocycles. The third kappa shape index (κ3) is 5.33. The zero-order chi connectivity index (χ0) is 15.1. The molecule has 1 aromatic carbocycles. The van der Waals surface area contributed by atoms with Crippen LogP contribution in [0.3, 0.4) is 0 Å². The topological polar surface area (TPSA) is 87.5 Å². The van der Waals surface area contributed by atoms with Crippen molar-refractivity contribution in [1.29, 1.82) is 0 Å². The number of nitrogens with zero attached hydrogens (tertiary/aromatic N) is 1. The van der Waals surface area contributed by atoms with E-state index >= 15 is 0 Å². The second-order valence-corrected chi connectivity index (χ2v) is 4.78. The molecule has 0 heterocycles. The summed E-state index contributed by atoms with van der Waals surface area (Å²) in [5.41, 5.74) is 6.84. The molecule has 0 aliphatic rings. The number of hydrogen-bond acceptors (Lipinski definition) is 4. The molecule has 108 valence electrons. The van der Waals surface area contributed by atoms with E-state index in [0.717, 1.165) is 0 Å². The van der Waals surface area contributed by atoms with Gasteiger partial charge in [0.15, 0.2) is 0 Å². The quantitative estimate of drug-likeness (QED) is 0.640. The fourth-order valence-electron chi connectivity index (χ4n) is 1.58. The van der Waals surface area contributed by atoms with Gasteiger partial charge in [-0.15, -0.1) is 0 Å². The molecule has 2 amide bonds. The molecule has 20 heavy (non-hydrogen) atoms. The highest BCUT2D eigenvalue weighted by Crippen LogP contribution is 2.10. The van der Waals surface area contributed by atoms with Crippen LogP contribution < -0.4 is 16.4 Å². The Bertz CT molecular complexity index is 519. The van der Waals surface area contributed by atoms with E-state index < -0.39 is 0 Å². The maximum Gasteiger partial charge on any atom is 0.238 e. The molecule has 0 atom stereocenters. The molecule has 0 spiro atoms. The lowest BCUT2D eigenvalue weighted by atomic mass is 10.2. The first kappa shape index (κ1) is 16.1. The average Bonchev–Trinajstić information content (AvgIpc) is 2.38. The second-order valence-electron chi connectivity index (χ2n) is 4.34. The summed E-state index contributed by atoms with van der Waals surface area (Å²) in [4.78, 5) is 24.9. The average molecular weight is 294 g/mol. The van der Waals surface area contributed by atoms with E-state index in [4.69, 9.17) is 18.0 Å². The number of nitrogens with two attached hydrogens (primary N) is 1. The lowest BCUT2D eigenvalue weighted by Crippen LogP contribution is -2.37. The minimum atomic E-state index is -0.212. The maximum absolute atomic E-state index is 11.8. The number of benzene rings is 1. The van der Waals surface area contributed by atoms with Gasteiger partial charge in [0.2, 0.25) is 11.8 Å². The van der Waals surface area contributed by atoms with Crippen molar-refractivity contribution < 1.29 is 9.59 Å². The van der Waals surface area contributed by atoms with Crippen molar-refractivity contribution in [1.82, 2.24) is 10.2 Å². The first-order valence-electron chi connectivity index (χ1n) is 6.01. The van der Waals surface area contributed by atoms with E-state index in [0.29, 0.717) is 11.3 Å². The molecule has 0 radical (unpaired) electrons. The highest BCUT2D eigenvalue weighted by atomic mass is 32.1. The van der Waals surface area contributed by atoms with E-state index in [1.807, 2.05) is 0 Å². The van der Waals surface area contributed by atoms with Crippen LogP contribution >= 0.6 is 12.2 Å². The van der Waals surface area contributed by atoms with Crippen LogP contribution in [0.4, 0.5) is 5.69 Å². The third-order valence-electron chi connectivity index (χ3n) is 2.54.